The van der Waals surface area contributed by atoms with Crippen LogP contribution in [-0.4, -0.2) is 18.1 Å². The fourth-order valence-corrected chi connectivity index (χ4v) is 5.00. The van der Waals surface area contributed by atoms with Crippen LogP contribution in [0.15, 0.2) is 60.7 Å². The predicted octanol–water partition coefficient (Wildman–Crippen LogP) is 11.4. The van der Waals surface area contributed by atoms with Gasteiger partial charge in [-0.05, 0) is 60.4 Å². The van der Waals surface area contributed by atoms with Crippen LogP contribution in [-0.2, 0) is 0 Å². The van der Waals surface area contributed by atoms with Crippen molar-refractivity contribution in [1.29, 1.82) is 0 Å². The number of hydrogen-bond donors (Lipinski definition) is 0. The first kappa shape index (κ1) is 35.2. The SMILES string of the molecule is C#Cc1ccc(/C=C/c2cc(OCCCCCCCC)c(/C=C/c3ccc([N+](=O)[O-])cc3)cc2OCCCCCCCC)cc1. The maximum atomic E-state index is 11.1. The summed E-state index contributed by atoms with van der Waals surface area (Å²) in [6, 6.07) is 18.6. The maximum absolute atomic E-state index is 11.1. The normalized spacial score (nSPS) is 11.2. The van der Waals surface area contributed by atoms with Gasteiger partial charge in [-0.2, -0.15) is 0 Å². The monoisotopic (exact) mass is 607 g/mol. The Bertz CT molecular complexity index is 1400. The van der Waals surface area contributed by atoms with Crippen molar-refractivity contribution in [2.45, 2.75) is 90.9 Å². The quantitative estimate of drug-likeness (QED) is 0.0397. The molecule has 0 aromatic heterocycles. The lowest BCUT2D eigenvalue weighted by molar-refractivity contribution is -0.384. The summed E-state index contributed by atoms with van der Waals surface area (Å²) in [6.07, 6.45) is 28.0. The number of nitrogens with zero attached hydrogens (tertiary/aromatic N) is 1. The average molecular weight is 608 g/mol. The summed E-state index contributed by atoms with van der Waals surface area (Å²) < 4.78 is 12.8. The summed E-state index contributed by atoms with van der Waals surface area (Å²) in [5, 5.41) is 11.1. The molecule has 0 saturated carbocycles. The zero-order chi connectivity index (χ0) is 32.1. The molecule has 0 aliphatic heterocycles. The Morgan fingerprint density at radius 2 is 1.07 bits per heavy atom. The van der Waals surface area contributed by atoms with E-state index in [0.29, 0.717) is 13.2 Å². The molecule has 3 aromatic rings. The minimum Gasteiger partial charge on any atom is -0.493 e. The molecule has 0 bridgehead atoms. The topological polar surface area (TPSA) is 61.6 Å². The third-order valence-corrected chi connectivity index (χ3v) is 7.75. The van der Waals surface area contributed by atoms with Crippen molar-refractivity contribution in [2.24, 2.45) is 0 Å². The van der Waals surface area contributed by atoms with Crippen molar-refractivity contribution in [3.05, 3.63) is 98.6 Å². The van der Waals surface area contributed by atoms with Crippen LogP contribution in [0.25, 0.3) is 24.3 Å². The van der Waals surface area contributed by atoms with Crippen molar-refractivity contribution in [3.8, 4) is 23.8 Å². The van der Waals surface area contributed by atoms with Gasteiger partial charge in [-0.1, -0.05) is 120 Å². The molecule has 3 aromatic carbocycles. The molecule has 0 atom stereocenters. The molecule has 0 aliphatic carbocycles. The highest BCUT2D eigenvalue weighted by molar-refractivity contribution is 5.79. The van der Waals surface area contributed by atoms with E-state index in [1.165, 1.54) is 63.5 Å². The highest BCUT2D eigenvalue weighted by atomic mass is 16.6. The fraction of sp³-hybridized carbons (Fsp3) is 0.400. The van der Waals surface area contributed by atoms with E-state index in [-0.39, 0.29) is 10.6 Å². The zero-order valence-corrected chi connectivity index (χ0v) is 27.1. The average Bonchev–Trinajstić information content (AvgIpc) is 3.06. The van der Waals surface area contributed by atoms with Crippen LogP contribution >= 0.6 is 0 Å². The first-order valence-electron chi connectivity index (χ1n) is 16.6. The van der Waals surface area contributed by atoms with Gasteiger partial charge in [0.15, 0.2) is 0 Å². The second-order valence-electron chi connectivity index (χ2n) is 11.4. The summed E-state index contributed by atoms with van der Waals surface area (Å²) in [5.74, 6) is 4.26. The molecule has 238 valence electrons. The Morgan fingerprint density at radius 3 is 1.49 bits per heavy atom. The van der Waals surface area contributed by atoms with E-state index in [0.717, 1.165) is 65.0 Å². The summed E-state index contributed by atoms with van der Waals surface area (Å²) in [5.41, 5.74) is 4.71. The molecule has 0 aliphatic rings. The van der Waals surface area contributed by atoms with E-state index < -0.39 is 0 Å². The van der Waals surface area contributed by atoms with Crippen LogP contribution in [0, 0.1) is 22.5 Å². The number of hydrogen-bond acceptors (Lipinski definition) is 4. The lowest BCUT2D eigenvalue weighted by atomic mass is 10.0. The fourth-order valence-electron chi connectivity index (χ4n) is 5.00. The summed E-state index contributed by atoms with van der Waals surface area (Å²) in [6.45, 7) is 5.75. The van der Waals surface area contributed by atoms with Gasteiger partial charge in [0.25, 0.3) is 5.69 Å². The van der Waals surface area contributed by atoms with E-state index >= 15 is 0 Å². The number of nitro benzene ring substituents is 1. The van der Waals surface area contributed by atoms with Gasteiger partial charge in [-0.3, -0.25) is 10.1 Å². The Kier molecular flexibility index (Phi) is 16.1. The van der Waals surface area contributed by atoms with E-state index in [1.54, 1.807) is 12.1 Å². The van der Waals surface area contributed by atoms with Gasteiger partial charge in [0.05, 0.1) is 18.1 Å². The first-order valence-corrected chi connectivity index (χ1v) is 16.6. The van der Waals surface area contributed by atoms with Gasteiger partial charge in [-0.25, -0.2) is 0 Å². The Labute approximate surface area is 270 Å². The molecule has 0 heterocycles. The molecular weight excluding hydrogens is 558 g/mol. The number of nitro groups is 1. The van der Waals surface area contributed by atoms with Gasteiger partial charge in [0.1, 0.15) is 11.5 Å². The van der Waals surface area contributed by atoms with Crippen molar-refractivity contribution in [3.63, 3.8) is 0 Å². The molecule has 0 amide bonds. The number of ether oxygens (including phenoxy) is 2. The summed E-state index contributed by atoms with van der Waals surface area (Å²) in [4.78, 5) is 10.7. The third-order valence-electron chi connectivity index (χ3n) is 7.75. The lowest BCUT2D eigenvalue weighted by Crippen LogP contribution is -2.03. The van der Waals surface area contributed by atoms with Crippen LogP contribution in [0.2, 0.25) is 0 Å². The molecule has 0 saturated heterocycles. The number of unbranched alkanes of at least 4 members (excludes halogenated alkanes) is 10. The molecule has 0 unspecified atom stereocenters. The molecule has 0 N–H and O–H groups in total. The maximum Gasteiger partial charge on any atom is 0.269 e. The van der Waals surface area contributed by atoms with Gasteiger partial charge < -0.3 is 9.47 Å². The molecule has 0 fully saturated rings. The van der Waals surface area contributed by atoms with Crippen molar-refractivity contribution < 1.29 is 14.4 Å². The largest absolute Gasteiger partial charge is 0.493 e. The van der Waals surface area contributed by atoms with E-state index in [9.17, 15) is 10.1 Å². The molecule has 0 radical (unpaired) electrons. The highest BCUT2D eigenvalue weighted by Gasteiger charge is 2.11. The molecule has 5 heteroatoms. The Morgan fingerprint density at radius 1 is 0.644 bits per heavy atom. The van der Waals surface area contributed by atoms with Gasteiger partial charge in [0.2, 0.25) is 0 Å². The minimum absolute atomic E-state index is 0.0746. The standard InChI is InChI=1S/C40H49NO4/c1-4-7-9-11-13-15-29-44-39-32-37(26-22-35-23-27-38(28-24-35)41(42)43)40(45-30-16-14-12-10-8-5-2)31-36(39)25-21-34-19-17-33(6-3)18-20-34/h3,17-28,31-32H,4-5,7-16,29-30H2,1-2H3/b25-21+,26-22+. The molecule has 3 rings (SSSR count). The van der Waals surface area contributed by atoms with E-state index in [4.69, 9.17) is 15.9 Å². The second kappa shape index (κ2) is 20.6. The van der Waals surface area contributed by atoms with Gasteiger partial charge in [-0.15, -0.1) is 6.42 Å². The van der Waals surface area contributed by atoms with Crippen LogP contribution in [0.1, 0.15) is 119 Å². The molecule has 45 heavy (non-hydrogen) atoms. The molecular formula is C40H49NO4. The summed E-state index contributed by atoms with van der Waals surface area (Å²) >= 11 is 0. The molecule has 0 spiro atoms. The minimum atomic E-state index is -0.384. The predicted molar refractivity (Wildman–Crippen MR) is 190 cm³/mol. The van der Waals surface area contributed by atoms with Crippen molar-refractivity contribution in [2.75, 3.05) is 13.2 Å². The Balaban J connectivity index is 1.87. The van der Waals surface area contributed by atoms with Gasteiger partial charge >= 0.3 is 0 Å². The second-order valence-corrected chi connectivity index (χ2v) is 11.4. The lowest BCUT2D eigenvalue weighted by Gasteiger charge is -2.15. The third kappa shape index (κ3) is 13.1. The first-order chi connectivity index (χ1) is 22.0. The van der Waals surface area contributed by atoms with Crippen LogP contribution < -0.4 is 9.47 Å². The Hall–Kier alpha value is -4.30. The van der Waals surface area contributed by atoms with E-state index in [1.807, 2.05) is 36.4 Å². The zero-order valence-electron chi connectivity index (χ0n) is 27.1. The summed E-state index contributed by atoms with van der Waals surface area (Å²) in [7, 11) is 0. The van der Waals surface area contributed by atoms with Crippen LogP contribution in [0.4, 0.5) is 5.69 Å². The highest BCUT2D eigenvalue weighted by Crippen LogP contribution is 2.33. The number of non-ortho nitro benzene ring substituents is 1. The van der Waals surface area contributed by atoms with Gasteiger partial charge in [0, 0.05) is 28.8 Å². The number of benzene rings is 3. The number of rotatable bonds is 21. The van der Waals surface area contributed by atoms with Crippen molar-refractivity contribution in [1.82, 2.24) is 0 Å². The smallest absolute Gasteiger partial charge is 0.269 e. The molecule has 5 nitrogen and oxygen atoms in total. The van der Waals surface area contributed by atoms with Crippen LogP contribution in [0.3, 0.4) is 0 Å². The van der Waals surface area contributed by atoms with Crippen molar-refractivity contribution >= 4 is 30.0 Å². The van der Waals surface area contributed by atoms with Crippen LogP contribution in [0.5, 0.6) is 11.5 Å². The van der Waals surface area contributed by atoms with E-state index in [2.05, 4.69) is 44.1 Å². The number of terminal acetylenes is 1.